The highest BCUT2D eigenvalue weighted by atomic mass is 32.1. The molecule has 150 valence electrons. The Hall–Kier alpha value is -3.78. The summed E-state index contributed by atoms with van der Waals surface area (Å²) in [5.41, 5.74) is 1.35. The van der Waals surface area contributed by atoms with E-state index in [0.717, 1.165) is 16.3 Å². The van der Waals surface area contributed by atoms with Gasteiger partial charge in [0.2, 0.25) is 0 Å². The number of aromatic nitrogens is 1. The maximum atomic E-state index is 14.2. The Morgan fingerprint density at radius 3 is 2.50 bits per heavy atom. The van der Waals surface area contributed by atoms with Crippen molar-refractivity contribution in [2.24, 2.45) is 0 Å². The molecular weight excluding hydrogens is 405 g/mol. The standard InChI is InChI=1S/C22H16FN3O3S/c1-29-16-8-6-15(7-9-16)25-11-10-14(13-25)12-17-20(27)24-22(30)26(21(17)28)19-5-3-2-4-18(19)23/h2-13H,1H3,(H,24,27,30)/b17-12-. The highest BCUT2D eigenvalue weighted by molar-refractivity contribution is 7.80. The lowest BCUT2D eigenvalue weighted by Crippen LogP contribution is -2.54. The maximum absolute atomic E-state index is 14.2. The SMILES string of the molecule is COc1ccc(-n2ccc(/C=C3/C(=O)NC(=S)N(c4ccccc4F)C3=O)c2)cc1. The van der Waals surface area contributed by atoms with E-state index >= 15 is 0 Å². The van der Waals surface area contributed by atoms with Gasteiger partial charge in [-0.15, -0.1) is 0 Å². The second-order valence-electron chi connectivity index (χ2n) is 6.46. The third-order valence-electron chi connectivity index (χ3n) is 4.59. The molecule has 0 unspecified atom stereocenters. The number of anilines is 1. The van der Waals surface area contributed by atoms with Gasteiger partial charge in [0.25, 0.3) is 11.8 Å². The van der Waals surface area contributed by atoms with E-state index in [1.807, 2.05) is 28.8 Å². The molecular formula is C22H16FN3O3S. The fourth-order valence-electron chi connectivity index (χ4n) is 3.09. The van der Waals surface area contributed by atoms with Gasteiger partial charge in [0.05, 0.1) is 12.8 Å². The van der Waals surface area contributed by atoms with Crippen molar-refractivity contribution >= 4 is 40.9 Å². The summed E-state index contributed by atoms with van der Waals surface area (Å²) in [7, 11) is 1.59. The zero-order valence-corrected chi connectivity index (χ0v) is 16.7. The van der Waals surface area contributed by atoms with Crippen molar-refractivity contribution in [1.82, 2.24) is 9.88 Å². The van der Waals surface area contributed by atoms with Crippen LogP contribution in [0.5, 0.6) is 5.75 Å². The van der Waals surface area contributed by atoms with E-state index in [-0.39, 0.29) is 16.4 Å². The van der Waals surface area contributed by atoms with Crippen molar-refractivity contribution in [2.75, 3.05) is 12.0 Å². The van der Waals surface area contributed by atoms with Crippen LogP contribution in [0, 0.1) is 5.82 Å². The Morgan fingerprint density at radius 2 is 1.80 bits per heavy atom. The zero-order valence-electron chi connectivity index (χ0n) is 15.8. The molecule has 0 radical (unpaired) electrons. The minimum absolute atomic E-state index is 0.0193. The monoisotopic (exact) mass is 421 g/mol. The number of hydrogen-bond acceptors (Lipinski definition) is 4. The van der Waals surface area contributed by atoms with Gasteiger partial charge in [-0.25, -0.2) is 9.29 Å². The second-order valence-corrected chi connectivity index (χ2v) is 6.85. The lowest BCUT2D eigenvalue weighted by Gasteiger charge is -2.29. The van der Waals surface area contributed by atoms with Crippen LogP contribution >= 0.6 is 12.2 Å². The van der Waals surface area contributed by atoms with E-state index in [9.17, 15) is 14.0 Å². The molecule has 3 aromatic rings. The highest BCUT2D eigenvalue weighted by Gasteiger charge is 2.35. The molecule has 2 aromatic carbocycles. The molecule has 0 aliphatic carbocycles. The Labute approximate surface area is 177 Å². The first-order valence-electron chi connectivity index (χ1n) is 8.96. The maximum Gasteiger partial charge on any atom is 0.270 e. The molecule has 0 bridgehead atoms. The first-order valence-corrected chi connectivity index (χ1v) is 9.37. The molecule has 2 heterocycles. The fourth-order valence-corrected chi connectivity index (χ4v) is 3.36. The Morgan fingerprint density at radius 1 is 1.07 bits per heavy atom. The van der Waals surface area contributed by atoms with Crippen molar-refractivity contribution in [2.45, 2.75) is 0 Å². The van der Waals surface area contributed by atoms with Gasteiger partial charge in [0, 0.05) is 18.1 Å². The third kappa shape index (κ3) is 3.60. The lowest BCUT2D eigenvalue weighted by atomic mass is 10.1. The first-order chi connectivity index (χ1) is 14.5. The molecule has 1 aliphatic heterocycles. The van der Waals surface area contributed by atoms with Crippen molar-refractivity contribution < 1.29 is 18.7 Å². The Kier molecular flexibility index (Phi) is 5.16. The number of ether oxygens (including phenoxy) is 1. The van der Waals surface area contributed by atoms with E-state index in [1.165, 1.54) is 24.3 Å². The minimum atomic E-state index is -0.689. The van der Waals surface area contributed by atoms with Gasteiger partial charge < -0.3 is 9.30 Å². The van der Waals surface area contributed by atoms with Crippen molar-refractivity contribution in [3.8, 4) is 11.4 Å². The molecule has 6 nitrogen and oxygen atoms in total. The van der Waals surface area contributed by atoms with Crippen molar-refractivity contribution in [3.05, 3.63) is 83.9 Å². The molecule has 4 rings (SSSR count). The van der Waals surface area contributed by atoms with Gasteiger partial charge in [0.15, 0.2) is 5.11 Å². The summed E-state index contributed by atoms with van der Waals surface area (Å²) in [4.78, 5) is 26.4. The van der Waals surface area contributed by atoms with E-state index in [0.29, 0.717) is 5.56 Å². The van der Waals surface area contributed by atoms with Crippen LogP contribution in [0.1, 0.15) is 5.56 Å². The number of nitrogens with one attached hydrogen (secondary N) is 1. The van der Waals surface area contributed by atoms with Crippen molar-refractivity contribution in [3.63, 3.8) is 0 Å². The van der Waals surface area contributed by atoms with Gasteiger partial charge in [0.1, 0.15) is 17.1 Å². The molecule has 30 heavy (non-hydrogen) atoms. The number of thiocarbonyl (C=S) groups is 1. The number of nitrogens with zero attached hydrogens (tertiary/aromatic N) is 2. The van der Waals surface area contributed by atoms with Gasteiger partial charge in [-0.1, -0.05) is 12.1 Å². The molecule has 0 atom stereocenters. The predicted molar refractivity (Wildman–Crippen MR) is 115 cm³/mol. The smallest absolute Gasteiger partial charge is 0.270 e. The fraction of sp³-hybridized carbons (Fsp3) is 0.0455. The van der Waals surface area contributed by atoms with Crippen LogP contribution in [-0.4, -0.2) is 28.6 Å². The normalized spacial score (nSPS) is 15.5. The largest absolute Gasteiger partial charge is 0.497 e. The third-order valence-corrected chi connectivity index (χ3v) is 4.88. The van der Waals surface area contributed by atoms with Crippen LogP contribution in [0.4, 0.5) is 10.1 Å². The topological polar surface area (TPSA) is 63.6 Å². The summed E-state index contributed by atoms with van der Waals surface area (Å²) in [6, 6.07) is 14.9. The lowest BCUT2D eigenvalue weighted by molar-refractivity contribution is -0.122. The number of para-hydroxylation sites is 1. The molecule has 0 spiro atoms. The second kappa shape index (κ2) is 7.92. The number of rotatable bonds is 4. The molecule has 1 N–H and O–H groups in total. The van der Waals surface area contributed by atoms with Gasteiger partial charge in [-0.05, 0) is 66.3 Å². The number of halogens is 1. The number of methoxy groups -OCH3 is 1. The number of carbonyl (C=O) groups is 2. The van der Waals surface area contributed by atoms with Crippen LogP contribution in [0.3, 0.4) is 0 Å². The average Bonchev–Trinajstić information content (AvgIpc) is 3.21. The van der Waals surface area contributed by atoms with Crippen LogP contribution in [0.25, 0.3) is 11.8 Å². The van der Waals surface area contributed by atoms with Crippen LogP contribution in [-0.2, 0) is 9.59 Å². The van der Waals surface area contributed by atoms with E-state index in [4.69, 9.17) is 17.0 Å². The molecule has 0 saturated carbocycles. The molecule has 8 heteroatoms. The predicted octanol–water partition coefficient (Wildman–Crippen LogP) is 3.46. The minimum Gasteiger partial charge on any atom is -0.497 e. The summed E-state index contributed by atoms with van der Waals surface area (Å²) < 4.78 is 21.2. The van der Waals surface area contributed by atoms with Crippen LogP contribution in [0.2, 0.25) is 0 Å². The summed E-state index contributed by atoms with van der Waals surface area (Å²) >= 11 is 5.09. The number of benzene rings is 2. The van der Waals surface area contributed by atoms with E-state index in [1.54, 1.807) is 31.6 Å². The number of amides is 2. The molecule has 1 saturated heterocycles. The molecule has 1 fully saturated rings. The van der Waals surface area contributed by atoms with E-state index < -0.39 is 17.6 Å². The molecule has 1 aliphatic rings. The summed E-state index contributed by atoms with van der Waals surface area (Å²) in [6.07, 6.45) is 5.03. The highest BCUT2D eigenvalue weighted by Crippen LogP contribution is 2.25. The summed E-state index contributed by atoms with van der Waals surface area (Å²) in [5, 5.41) is 2.29. The number of carbonyl (C=O) groups excluding carboxylic acids is 2. The van der Waals surface area contributed by atoms with Crippen LogP contribution in [0.15, 0.2) is 72.6 Å². The van der Waals surface area contributed by atoms with Crippen molar-refractivity contribution in [1.29, 1.82) is 0 Å². The van der Waals surface area contributed by atoms with Gasteiger partial charge in [-0.3, -0.25) is 14.9 Å². The quantitative estimate of drug-likeness (QED) is 0.398. The Bertz CT molecular complexity index is 1180. The van der Waals surface area contributed by atoms with Gasteiger partial charge in [-0.2, -0.15) is 0 Å². The first kappa shape index (κ1) is 19.5. The Balaban J connectivity index is 1.66. The average molecular weight is 421 g/mol. The summed E-state index contributed by atoms with van der Waals surface area (Å²) in [5.74, 6) is -1.20. The number of hydrogen-bond donors (Lipinski definition) is 1. The molecule has 1 aromatic heterocycles. The van der Waals surface area contributed by atoms with E-state index in [2.05, 4.69) is 5.32 Å². The van der Waals surface area contributed by atoms with Gasteiger partial charge >= 0.3 is 0 Å². The van der Waals surface area contributed by atoms with Crippen LogP contribution < -0.4 is 15.0 Å². The summed E-state index contributed by atoms with van der Waals surface area (Å²) in [6.45, 7) is 0. The molecule has 2 amide bonds. The zero-order chi connectivity index (χ0) is 21.3.